The number of ether oxygens (including phenoxy) is 2. The van der Waals surface area contributed by atoms with E-state index in [1.54, 1.807) is 0 Å². The Bertz CT molecular complexity index is 441. The van der Waals surface area contributed by atoms with Crippen molar-refractivity contribution < 1.29 is 29.3 Å². The van der Waals surface area contributed by atoms with E-state index >= 15 is 0 Å². The molecule has 2 unspecified atom stereocenters. The number of allylic oxidation sites excluding steroid dienone is 2. The van der Waals surface area contributed by atoms with Gasteiger partial charge < -0.3 is 19.7 Å². The molecule has 6 nitrogen and oxygen atoms in total. The second-order valence-electron chi connectivity index (χ2n) is 7.52. The molecule has 0 aromatic carbocycles. The van der Waals surface area contributed by atoms with Gasteiger partial charge in [0.1, 0.15) is 0 Å². The molecule has 0 radical (unpaired) electrons. The van der Waals surface area contributed by atoms with Crippen LogP contribution < -0.4 is 0 Å². The molecule has 0 aliphatic rings. The number of methoxy groups -OCH3 is 1. The molecule has 7 heteroatoms. The molecule has 0 saturated carbocycles. The summed E-state index contributed by atoms with van der Waals surface area (Å²) in [4.78, 5) is 22.6. The Hall–Kier alpha value is -0.400. The number of hydrogen-bond donors (Lipinski definition) is 2. The molecule has 2 N–H and O–H groups in total. The zero-order chi connectivity index (χ0) is 21.7. The van der Waals surface area contributed by atoms with E-state index in [4.69, 9.17) is 4.74 Å². The molecule has 0 aliphatic carbocycles. The summed E-state index contributed by atoms with van der Waals surface area (Å²) in [6.45, 7) is 2.42. The number of unbranched alkanes of at least 4 members (excludes halogenated alkanes) is 12. The van der Waals surface area contributed by atoms with E-state index in [2.05, 4.69) is 23.8 Å². The van der Waals surface area contributed by atoms with E-state index in [1.165, 1.54) is 57.8 Å². The number of aliphatic hydroxyl groups is 2. The standard InChI is InChI=1S/C23H42O6.Na.H/c1-3-4-5-6-7-8-9-10-11-12-13-14-15-16-17-18-19-29-23(27)21(25)20(24)22(26)28-2;;/h10-11,20-21,24-25H,3-9,12-19H2,1-2H3;;/b11-10-;;. The first kappa shape index (κ1) is 31.8. The number of aliphatic hydroxyl groups excluding tert-OH is 2. The molecule has 0 aromatic heterocycles. The minimum absolute atomic E-state index is 0. The summed E-state index contributed by atoms with van der Waals surface area (Å²) in [5.74, 6) is -2.07. The van der Waals surface area contributed by atoms with Crippen LogP contribution >= 0.6 is 0 Å². The molecule has 2 atom stereocenters. The van der Waals surface area contributed by atoms with Crippen LogP contribution in [0.15, 0.2) is 12.2 Å². The average molecular weight is 439 g/mol. The maximum atomic E-state index is 11.5. The first-order valence-corrected chi connectivity index (χ1v) is 11.3. The van der Waals surface area contributed by atoms with Crippen LogP contribution in [0.2, 0.25) is 0 Å². The third-order valence-corrected chi connectivity index (χ3v) is 4.88. The Morgan fingerprint density at radius 3 is 1.67 bits per heavy atom. The van der Waals surface area contributed by atoms with Crippen molar-refractivity contribution in [2.24, 2.45) is 0 Å². The number of rotatable bonds is 19. The summed E-state index contributed by atoms with van der Waals surface area (Å²) >= 11 is 0. The third kappa shape index (κ3) is 18.4. The SMILES string of the molecule is CCCCCCCC/C=C\CCCCCCCCOC(=O)C(O)C(O)C(=O)OC.[NaH]. The zero-order valence-corrected chi connectivity index (χ0v) is 18.4. The number of carbonyl (C=O) groups is 2. The summed E-state index contributed by atoms with van der Waals surface area (Å²) in [6.07, 6.45) is 17.5. The molecule has 0 amide bonds. The fourth-order valence-electron chi connectivity index (χ4n) is 2.99. The van der Waals surface area contributed by atoms with Crippen molar-refractivity contribution in [2.75, 3.05) is 13.7 Å². The predicted octanol–water partition coefficient (Wildman–Crippen LogP) is 3.81. The van der Waals surface area contributed by atoms with Gasteiger partial charge >= 0.3 is 41.5 Å². The Morgan fingerprint density at radius 2 is 1.17 bits per heavy atom. The van der Waals surface area contributed by atoms with Gasteiger partial charge in [-0.3, -0.25) is 0 Å². The van der Waals surface area contributed by atoms with Crippen LogP contribution in [-0.4, -0.2) is 77.6 Å². The Labute approximate surface area is 205 Å². The normalized spacial score (nSPS) is 12.9. The Morgan fingerprint density at radius 1 is 0.733 bits per heavy atom. The molecular formula is C23H43NaO6. The second-order valence-corrected chi connectivity index (χ2v) is 7.52. The molecule has 0 aromatic rings. The van der Waals surface area contributed by atoms with Crippen molar-refractivity contribution in [3.63, 3.8) is 0 Å². The van der Waals surface area contributed by atoms with Gasteiger partial charge in [0.15, 0.2) is 12.2 Å². The summed E-state index contributed by atoms with van der Waals surface area (Å²) in [5.41, 5.74) is 0. The van der Waals surface area contributed by atoms with Crippen molar-refractivity contribution in [3.05, 3.63) is 12.2 Å². The van der Waals surface area contributed by atoms with Gasteiger partial charge in [-0.1, -0.05) is 76.9 Å². The number of esters is 2. The van der Waals surface area contributed by atoms with Crippen LogP contribution in [0.25, 0.3) is 0 Å². The van der Waals surface area contributed by atoms with Gasteiger partial charge in [0.25, 0.3) is 0 Å². The van der Waals surface area contributed by atoms with Crippen molar-refractivity contribution in [1.82, 2.24) is 0 Å². The maximum absolute atomic E-state index is 11.5. The minimum atomic E-state index is -1.91. The summed E-state index contributed by atoms with van der Waals surface area (Å²) < 4.78 is 9.13. The van der Waals surface area contributed by atoms with Gasteiger partial charge in [0.2, 0.25) is 0 Å². The van der Waals surface area contributed by atoms with Gasteiger partial charge in [-0.15, -0.1) is 0 Å². The monoisotopic (exact) mass is 438 g/mol. The molecule has 0 heterocycles. The van der Waals surface area contributed by atoms with E-state index in [0.29, 0.717) is 6.42 Å². The molecule has 0 spiro atoms. The van der Waals surface area contributed by atoms with Crippen LogP contribution in [0.4, 0.5) is 0 Å². The molecule has 0 bridgehead atoms. The van der Waals surface area contributed by atoms with Crippen molar-refractivity contribution in [3.8, 4) is 0 Å². The van der Waals surface area contributed by atoms with Crippen LogP contribution in [0.3, 0.4) is 0 Å². The molecule has 0 fully saturated rings. The fourth-order valence-corrected chi connectivity index (χ4v) is 2.99. The van der Waals surface area contributed by atoms with Gasteiger partial charge in [-0.25, -0.2) is 9.59 Å². The van der Waals surface area contributed by atoms with Crippen molar-refractivity contribution in [2.45, 2.75) is 109 Å². The molecular weight excluding hydrogens is 395 g/mol. The predicted molar refractivity (Wildman–Crippen MR) is 122 cm³/mol. The van der Waals surface area contributed by atoms with E-state index in [0.717, 1.165) is 32.8 Å². The van der Waals surface area contributed by atoms with E-state index in [9.17, 15) is 19.8 Å². The Balaban J connectivity index is 0. The molecule has 30 heavy (non-hydrogen) atoms. The van der Waals surface area contributed by atoms with Gasteiger partial charge in [-0.05, 0) is 32.1 Å². The number of hydrogen-bond acceptors (Lipinski definition) is 6. The zero-order valence-electron chi connectivity index (χ0n) is 18.4. The topological polar surface area (TPSA) is 93.1 Å². The van der Waals surface area contributed by atoms with Crippen LogP contribution in [0.5, 0.6) is 0 Å². The first-order valence-electron chi connectivity index (χ1n) is 11.3. The summed E-state index contributed by atoms with van der Waals surface area (Å²) in [7, 11) is 1.07. The van der Waals surface area contributed by atoms with E-state index in [-0.39, 0.29) is 36.2 Å². The fraction of sp³-hybridized carbons (Fsp3) is 0.826. The summed E-state index contributed by atoms with van der Waals surface area (Å²) in [6, 6.07) is 0. The van der Waals surface area contributed by atoms with Crippen LogP contribution in [0, 0.1) is 0 Å². The molecule has 0 saturated heterocycles. The molecule has 172 valence electrons. The van der Waals surface area contributed by atoms with Gasteiger partial charge in [0, 0.05) is 0 Å². The molecule has 0 aliphatic heterocycles. The third-order valence-electron chi connectivity index (χ3n) is 4.88. The number of carbonyl (C=O) groups excluding carboxylic acids is 2. The summed E-state index contributed by atoms with van der Waals surface area (Å²) in [5, 5.41) is 18.9. The quantitative estimate of drug-likeness (QED) is 0.138. The second kappa shape index (κ2) is 23.3. The first-order chi connectivity index (χ1) is 14.0. The van der Waals surface area contributed by atoms with Crippen LogP contribution in [-0.2, 0) is 19.1 Å². The Kier molecular flexibility index (Phi) is 24.7. The van der Waals surface area contributed by atoms with Crippen LogP contribution in [0.1, 0.15) is 96.8 Å². The van der Waals surface area contributed by atoms with E-state index < -0.39 is 24.1 Å². The van der Waals surface area contributed by atoms with E-state index in [1.807, 2.05) is 0 Å². The van der Waals surface area contributed by atoms with Crippen molar-refractivity contribution >= 4 is 41.5 Å². The molecule has 0 rings (SSSR count). The average Bonchev–Trinajstić information content (AvgIpc) is 2.73. The van der Waals surface area contributed by atoms with Crippen molar-refractivity contribution in [1.29, 1.82) is 0 Å². The van der Waals surface area contributed by atoms with Gasteiger partial charge in [0.05, 0.1) is 13.7 Å². The van der Waals surface area contributed by atoms with Gasteiger partial charge in [-0.2, -0.15) is 0 Å².